The van der Waals surface area contributed by atoms with Crippen molar-refractivity contribution in [1.29, 1.82) is 0 Å². The monoisotopic (exact) mass is 388 g/mol. The van der Waals surface area contributed by atoms with E-state index in [1.54, 1.807) is 0 Å². The molecule has 0 fully saturated rings. The molecule has 1 nitrogen and oxygen atoms in total. The Morgan fingerprint density at radius 3 is 1.00 bits per heavy atom. The van der Waals surface area contributed by atoms with Gasteiger partial charge in [-0.1, -0.05) is 128 Å². The average molecular weight is 389 g/mol. The van der Waals surface area contributed by atoms with Crippen molar-refractivity contribution in [2.75, 3.05) is 6.61 Å². The summed E-state index contributed by atoms with van der Waals surface area (Å²) in [5, 5.41) is 8.74. The zero-order valence-corrected chi connectivity index (χ0v) is 18.8. The Labute approximate surface area is 177 Å². The average Bonchev–Trinajstić information content (AvgIpc) is 2.71. The largest absolute Gasteiger partial charge is 0.396 e. The predicted molar refractivity (Wildman–Crippen MR) is 125 cm³/mol. The molecule has 0 rings (SSSR count). The number of aliphatic hydroxyl groups excluding tert-OH is 1. The van der Waals surface area contributed by atoms with Gasteiger partial charge in [0.2, 0.25) is 0 Å². The summed E-state index contributed by atoms with van der Waals surface area (Å²) in [5.41, 5.74) is 0. The Morgan fingerprint density at radius 2 is 0.714 bits per heavy atom. The minimum atomic E-state index is 0.367. The fourth-order valence-electron chi connectivity index (χ4n) is 3.80. The molecule has 0 aromatic rings. The summed E-state index contributed by atoms with van der Waals surface area (Å²) in [6.07, 6.45) is 34.8. The van der Waals surface area contributed by atoms with Gasteiger partial charge in [-0.05, 0) is 24.7 Å². The van der Waals surface area contributed by atoms with E-state index in [1.165, 1.54) is 128 Å². The Balaban J connectivity index is 3.01. The molecule has 0 amide bonds. The molecular weight excluding hydrogens is 340 g/mol. The maximum Gasteiger partial charge on any atom is 0.0431 e. The van der Waals surface area contributed by atoms with Crippen LogP contribution in [0.4, 0.5) is 0 Å². The topological polar surface area (TPSA) is 20.2 Å². The van der Waals surface area contributed by atoms with Crippen molar-refractivity contribution in [3.05, 3.63) is 0 Å². The summed E-state index contributed by atoms with van der Waals surface area (Å²) in [5.74, 6) is 8.05. The van der Waals surface area contributed by atoms with E-state index >= 15 is 0 Å². The molecule has 0 saturated heterocycles. The summed E-state index contributed by atoms with van der Waals surface area (Å²) in [4.78, 5) is 0. The second-order valence-electron chi connectivity index (χ2n) is 8.34. The van der Waals surface area contributed by atoms with Crippen LogP contribution in [-0.2, 0) is 0 Å². The van der Waals surface area contributed by atoms with Crippen molar-refractivity contribution in [3.63, 3.8) is 0 Å². The van der Waals surface area contributed by atoms with Crippen LogP contribution in [-0.4, -0.2) is 11.7 Å². The van der Waals surface area contributed by atoms with Crippen LogP contribution in [0, 0.1) is 24.2 Å². The summed E-state index contributed by atoms with van der Waals surface area (Å²) < 4.78 is 0. The Kier molecular flexibility index (Phi) is 25.2. The molecule has 28 heavy (non-hydrogen) atoms. The van der Waals surface area contributed by atoms with Crippen LogP contribution in [0.15, 0.2) is 0 Å². The maximum absolute atomic E-state index is 8.74. The van der Waals surface area contributed by atoms with Gasteiger partial charge in [-0.2, -0.15) is 0 Å². The van der Waals surface area contributed by atoms with Gasteiger partial charge in [0.15, 0.2) is 0 Å². The van der Waals surface area contributed by atoms with Gasteiger partial charge in [-0.3, -0.25) is 0 Å². The second kappa shape index (κ2) is 26.1. The number of terminal acetylenes is 1. The molecule has 0 aliphatic rings. The molecule has 1 heteroatoms. The Morgan fingerprint density at radius 1 is 0.429 bits per heavy atom. The zero-order chi connectivity index (χ0) is 20.4. The lowest BCUT2D eigenvalue weighted by Gasteiger charge is -2.04. The fourth-order valence-corrected chi connectivity index (χ4v) is 3.80. The van der Waals surface area contributed by atoms with Crippen LogP contribution in [0.3, 0.4) is 0 Å². The number of unbranched alkanes of at least 4 members (excludes halogenated alkanes) is 21. The third kappa shape index (κ3) is 25.1. The van der Waals surface area contributed by atoms with Crippen LogP contribution >= 0.6 is 0 Å². The van der Waals surface area contributed by atoms with Gasteiger partial charge in [-0.15, -0.1) is 6.42 Å². The summed E-state index contributed by atoms with van der Waals surface area (Å²) in [6.45, 7) is 0.367. The van der Waals surface area contributed by atoms with E-state index < -0.39 is 0 Å². The number of hydrogen-bond acceptors (Lipinski definition) is 1. The van der Waals surface area contributed by atoms with Gasteiger partial charge < -0.3 is 5.11 Å². The van der Waals surface area contributed by atoms with Gasteiger partial charge in [0.25, 0.3) is 0 Å². The lowest BCUT2D eigenvalue weighted by molar-refractivity contribution is 0.282. The van der Waals surface area contributed by atoms with Gasteiger partial charge in [0.05, 0.1) is 0 Å². The lowest BCUT2D eigenvalue weighted by Crippen LogP contribution is -1.85. The first-order valence-electron chi connectivity index (χ1n) is 12.5. The maximum atomic E-state index is 8.74. The quantitative estimate of drug-likeness (QED) is 0.146. The fraction of sp³-hybridized carbons (Fsp3) is 0.852. The van der Waals surface area contributed by atoms with Gasteiger partial charge >= 0.3 is 0 Å². The normalized spacial score (nSPS) is 10.4. The molecule has 0 aliphatic carbocycles. The molecule has 0 aromatic carbocycles. The van der Waals surface area contributed by atoms with Gasteiger partial charge in [0, 0.05) is 13.0 Å². The molecule has 0 aliphatic heterocycles. The van der Waals surface area contributed by atoms with Crippen molar-refractivity contribution < 1.29 is 5.11 Å². The third-order valence-corrected chi connectivity index (χ3v) is 5.62. The molecule has 0 heterocycles. The second-order valence-corrected chi connectivity index (χ2v) is 8.34. The van der Waals surface area contributed by atoms with E-state index in [-0.39, 0.29) is 0 Å². The molecule has 0 bridgehead atoms. The van der Waals surface area contributed by atoms with Crippen LogP contribution in [0.1, 0.15) is 141 Å². The molecule has 0 aromatic heterocycles. The Bertz CT molecular complexity index is 381. The zero-order valence-electron chi connectivity index (χ0n) is 18.8. The van der Waals surface area contributed by atoms with E-state index in [1.807, 2.05) is 0 Å². The van der Waals surface area contributed by atoms with Crippen LogP contribution < -0.4 is 0 Å². The summed E-state index contributed by atoms with van der Waals surface area (Å²) in [7, 11) is 0. The van der Waals surface area contributed by atoms with Crippen molar-refractivity contribution in [1.82, 2.24) is 0 Å². The van der Waals surface area contributed by atoms with Crippen molar-refractivity contribution in [2.45, 2.75) is 141 Å². The number of aliphatic hydroxyl groups is 1. The van der Waals surface area contributed by atoms with Gasteiger partial charge in [0.1, 0.15) is 0 Å². The van der Waals surface area contributed by atoms with Crippen molar-refractivity contribution in [2.24, 2.45) is 0 Å². The van der Waals surface area contributed by atoms with E-state index in [4.69, 9.17) is 11.5 Å². The summed E-state index contributed by atoms with van der Waals surface area (Å²) >= 11 is 0. The smallest absolute Gasteiger partial charge is 0.0431 e. The Hall–Kier alpha value is -0.920. The van der Waals surface area contributed by atoms with Crippen molar-refractivity contribution >= 4 is 0 Å². The molecule has 0 saturated carbocycles. The van der Waals surface area contributed by atoms with E-state index in [9.17, 15) is 0 Å². The van der Waals surface area contributed by atoms with Crippen LogP contribution in [0.5, 0.6) is 0 Å². The molecule has 162 valence electrons. The predicted octanol–water partition coefficient (Wildman–Crippen LogP) is 8.20. The number of rotatable bonds is 22. The highest BCUT2D eigenvalue weighted by atomic mass is 16.2. The van der Waals surface area contributed by atoms with Crippen LogP contribution in [0.25, 0.3) is 0 Å². The standard InChI is InChI=1S/C27H48O/c1-2-3-4-5-6-7-8-9-10-11-12-13-14-15-16-17-18-19-20-21-22-23-24-25-26-27-28/h1,28H,5-27H2. The third-order valence-electron chi connectivity index (χ3n) is 5.62. The summed E-state index contributed by atoms with van der Waals surface area (Å²) in [6, 6.07) is 0. The minimum Gasteiger partial charge on any atom is -0.396 e. The first kappa shape index (κ1) is 27.1. The van der Waals surface area contributed by atoms with Crippen LogP contribution in [0.2, 0.25) is 0 Å². The minimum absolute atomic E-state index is 0.367. The van der Waals surface area contributed by atoms with E-state index in [2.05, 4.69) is 17.8 Å². The molecule has 0 spiro atoms. The molecule has 0 atom stereocenters. The lowest BCUT2D eigenvalue weighted by atomic mass is 10.0. The highest BCUT2D eigenvalue weighted by Crippen LogP contribution is 2.15. The van der Waals surface area contributed by atoms with Crippen molar-refractivity contribution in [3.8, 4) is 24.2 Å². The molecule has 0 unspecified atom stereocenters. The highest BCUT2D eigenvalue weighted by molar-refractivity contribution is 5.21. The first-order valence-corrected chi connectivity index (χ1v) is 12.5. The van der Waals surface area contributed by atoms with E-state index in [0.29, 0.717) is 6.61 Å². The molecular formula is C27H48O. The molecule has 1 N–H and O–H groups in total. The first-order chi connectivity index (χ1) is 13.9. The van der Waals surface area contributed by atoms with E-state index in [0.717, 1.165) is 12.8 Å². The SMILES string of the molecule is C#CC#CCCCCCCCCCCCCCCCCCCCCCCCO. The highest BCUT2D eigenvalue weighted by Gasteiger charge is 1.95. The molecule has 0 radical (unpaired) electrons. The number of hydrogen-bond donors (Lipinski definition) is 1. The van der Waals surface area contributed by atoms with Gasteiger partial charge in [-0.25, -0.2) is 0 Å².